The molecule has 3 nitrogen and oxygen atoms in total. The van der Waals surface area contributed by atoms with Crippen molar-refractivity contribution in [2.75, 3.05) is 0 Å². The molecule has 0 amide bonds. The highest BCUT2D eigenvalue weighted by atomic mass is 79.9. The Morgan fingerprint density at radius 1 is 1.00 bits per heavy atom. The standard InChI is InChI=1S/C16H13BrN2O/c1-10-3-8-14(11(2)9-10)16-18-15(19-20-16)12-4-6-13(17)7-5-12/h3-9H,1-2H3. The molecule has 0 aliphatic rings. The van der Waals surface area contributed by atoms with E-state index in [1.165, 1.54) is 5.56 Å². The summed E-state index contributed by atoms with van der Waals surface area (Å²) in [6.45, 7) is 4.11. The Hall–Kier alpha value is -1.94. The van der Waals surface area contributed by atoms with Crippen molar-refractivity contribution < 1.29 is 4.52 Å². The summed E-state index contributed by atoms with van der Waals surface area (Å²) in [6.07, 6.45) is 0. The lowest BCUT2D eigenvalue weighted by atomic mass is 10.1. The van der Waals surface area contributed by atoms with Gasteiger partial charge in [0.2, 0.25) is 5.82 Å². The Labute approximate surface area is 125 Å². The number of aryl methyl sites for hydroxylation is 2. The summed E-state index contributed by atoms with van der Waals surface area (Å²) in [5.41, 5.74) is 4.27. The first kappa shape index (κ1) is 13.1. The predicted molar refractivity (Wildman–Crippen MR) is 82.3 cm³/mol. The van der Waals surface area contributed by atoms with Gasteiger partial charge in [0.05, 0.1) is 0 Å². The van der Waals surface area contributed by atoms with Crippen LogP contribution in [0.3, 0.4) is 0 Å². The second kappa shape index (κ2) is 5.21. The molecule has 3 aromatic rings. The highest BCUT2D eigenvalue weighted by molar-refractivity contribution is 9.10. The first-order valence-electron chi connectivity index (χ1n) is 6.31. The van der Waals surface area contributed by atoms with Crippen LogP contribution in [0.15, 0.2) is 51.5 Å². The topological polar surface area (TPSA) is 38.9 Å². The molecule has 0 fully saturated rings. The number of benzene rings is 2. The highest BCUT2D eigenvalue weighted by Crippen LogP contribution is 2.26. The predicted octanol–water partition coefficient (Wildman–Crippen LogP) is 4.78. The van der Waals surface area contributed by atoms with Gasteiger partial charge in [-0.1, -0.05) is 38.8 Å². The molecule has 0 unspecified atom stereocenters. The summed E-state index contributed by atoms with van der Waals surface area (Å²) in [5, 5.41) is 4.05. The van der Waals surface area contributed by atoms with Gasteiger partial charge >= 0.3 is 0 Å². The monoisotopic (exact) mass is 328 g/mol. The molecule has 0 atom stereocenters. The van der Waals surface area contributed by atoms with Gasteiger partial charge < -0.3 is 4.52 Å². The maximum Gasteiger partial charge on any atom is 0.258 e. The molecular formula is C16H13BrN2O. The molecular weight excluding hydrogens is 316 g/mol. The minimum Gasteiger partial charge on any atom is -0.334 e. The first-order valence-corrected chi connectivity index (χ1v) is 7.10. The van der Waals surface area contributed by atoms with Crippen LogP contribution in [0.5, 0.6) is 0 Å². The van der Waals surface area contributed by atoms with Gasteiger partial charge in [-0.2, -0.15) is 4.98 Å². The van der Waals surface area contributed by atoms with E-state index in [9.17, 15) is 0 Å². The van der Waals surface area contributed by atoms with Gasteiger partial charge in [0.15, 0.2) is 0 Å². The lowest BCUT2D eigenvalue weighted by molar-refractivity contribution is 0.432. The van der Waals surface area contributed by atoms with Crippen LogP contribution in [0.25, 0.3) is 22.8 Å². The molecule has 1 aromatic heterocycles. The Kier molecular flexibility index (Phi) is 3.40. The molecule has 0 saturated heterocycles. The Bertz CT molecular complexity index is 747. The first-order chi connectivity index (χ1) is 9.63. The van der Waals surface area contributed by atoms with Crippen LogP contribution in [0.4, 0.5) is 0 Å². The van der Waals surface area contributed by atoms with Gasteiger partial charge in [-0.25, -0.2) is 0 Å². The van der Waals surface area contributed by atoms with Crippen molar-refractivity contribution in [3.05, 3.63) is 58.1 Å². The molecule has 4 heteroatoms. The van der Waals surface area contributed by atoms with Crippen molar-refractivity contribution in [2.24, 2.45) is 0 Å². The van der Waals surface area contributed by atoms with E-state index >= 15 is 0 Å². The molecule has 100 valence electrons. The summed E-state index contributed by atoms with van der Waals surface area (Å²) in [6, 6.07) is 14.0. The van der Waals surface area contributed by atoms with Gasteiger partial charge in [0.1, 0.15) is 0 Å². The van der Waals surface area contributed by atoms with E-state index in [1.54, 1.807) is 0 Å². The second-order valence-corrected chi connectivity index (χ2v) is 5.66. The molecule has 3 rings (SSSR count). The van der Waals surface area contributed by atoms with E-state index in [0.29, 0.717) is 11.7 Å². The lowest BCUT2D eigenvalue weighted by Crippen LogP contribution is -1.85. The van der Waals surface area contributed by atoms with Gasteiger partial charge in [-0.15, -0.1) is 0 Å². The van der Waals surface area contributed by atoms with E-state index in [-0.39, 0.29) is 0 Å². The molecule has 0 saturated carbocycles. The summed E-state index contributed by atoms with van der Waals surface area (Å²) >= 11 is 3.41. The SMILES string of the molecule is Cc1ccc(-c2nc(-c3ccc(Br)cc3)no2)c(C)c1. The molecule has 2 aromatic carbocycles. The van der Waals surface area contributed by atoms with Crippen molar-refractivity contribution >= 4 is 15.9 Å². The van der Waals surface area contributed by atoms with Crippen molar-refractivity contribution in [1.82, 2.24) is 10.1 Å². The van der Waals surface area contributed by atoms with Crippen LogP contribution in [0.2, 0.25) is 0 Å². The fraction of sp³-hybridized carbons (Fsp3) is 0.125. The van der Waals surface area contributed by atoms with Crippen LogP contribution in [-0.2, 0) is 0 Å². The van der Waals surface area contributed by atoms with Crippen molar-refractivity contribution in [1.29, 1.82) is 0 Å². The number of rotatable bonds is 2. The third-order valence-corrected chi connectivity index (χ3v) is 3.67. The van der Waals surface area contributed by atoms with E-state index in [4.69, 9.17) is 4.52 Å². The van der Waals surface area contributed by atoms with Crippen molar-refractivity contribution in [3.8, 4) is 22.8 Å². The highest BCUT2D eigenvalue weighted by Gasteiger charge is 2.12. The Morgan fingerprint density at radius 2 is 1.75 bits per heavy atom. The lowest BCUT2D eigenvalue weighted by Gasteiger charge is -2.01. The van der Waals surface area contributed by atoms with Gasteiger partial charge in [-0.05, 0) is 49.7 Å². The summed E-state index contributed by atoms with van der Waals surface area (Å²) in [7, 11) is 0. The number of aromatic nitrogens is 2. The molecule has 20 heavy (non-hydrogen) atoms. The maximum atomic E-state index is 5.38. The van der Waals surface area contributed by atoms with Crippen LogP contribution < -0.4 is 0 Å². The summed E-state index contributed by atoms with van der Waals surface area (Å²) in [4.78, 5) is 4.48. The van der Waals surface area contributed by atoms with Crippen LogP contribution >= 0.6 is 15.9 Å². The smallest absolute Gasteiger partial charge is 0.258 e. The van der Waals surface area contributed by atoms with E-state index in [0.717, 1.165) is 21.2 Å². The molecule has 1 heterocycles. The number of nitrogens with zero attached hydrogens (tertiary/aromatic N) is 2. The normalized spacial score (nSPS) is 10.8. The molecule has 0 spiro atoms. The fourth-order valence-electron chi connectivity index (χ4n) is 2.10. The maximum absolute atomic E-state index is 5.38. The second-order valence-electron chi connectivity index (χ2n) is 4.75. The van der Waals surface area contributed by atoms with Gasteiger partial charge in [0.25, 0.3) is 5.89 Å². The third-order valence-electron chi connectivity index (χ3n) is 3.14. The van der Waals surface area contributed by atoms with E-state index in [2.05, 4.69) is 39.1 Å². The Balaban J connectivity index is 1.99. The number of hydrogen-bond donors (Lipinski definition) is 0. The van der Waals surface area contributed by atoms with Crippen LogP contribution in [-0.4, -0.2) is 10.1 Å². The molecule has 0 radical (unpaired) electrons. The largest absolute Gasteiger partial charge is 0.334 e. The van der Waals surface area contributed by atoms with E-state index in [1.807, 2.05) is 43.3 Å². The van der Waals surface area contributed by atoms with E-state index < -0.39 is 0 Å². The van der Waals surface area contributed by atoms with Crippen LogP contribution in [0, 0.1) is 13.8 Å². The third kappa shape index (κ3) is 2.51. The summed E-state index contributed by atoms with van der Waals surface area (Å²) < 4.78 is 6.41. The van der Waals surface area contributed by atoms with Crippen molar-refractivity contribution in [2.45, 2.75) is 13.8 Å². The molecule has 0 aliphatic carbocycles. The molecule has 0 N–H and O–H groups in total. The fourth-order valence-corrected chi connectivity index (χ4v) is 2.37. The minimum absolute atomic E-state index is 0.556. The van der Waals surface area contributed by atoms with Gasteiger partial charge in [0, 0.05) is 15.6 Å². The minimum atomic E-state index is 0.556. The number of halogens is 1. The Morgan fingerprint density at radius 3 is 2.45 bits per heavy atom. The zero-order valence-electron chi connectivity index (χ0n) is 11.2. The van der Waals surface area contributed by atoms with Gasteiger partial charge in [-0.3, -0.25) is 0 Å². The average Bonchev–Trinajstić information content (AvgIpc) is 2.89. The zero-order valence-corrected chi connectivity index (χ0v) is 12.8. The van der Waals surface area contributed by atoms with Crippen molar-refractivity contribution in [3.63, 3.8) is 0 Å². The number of hydrogen-bond acceptors (Lipinski definition) is 3. The average molecular weight is 329 g/mol. The molecule has 0 bridgehead atoms. The zero-order chi connectivity index (χ0) is 14.1. The quantitative estimate of drug-likeness (QED) is 0.679. The van der Waals surface area contributed by atoms with Crippen LogP contribution in [0.1, 0.15) is 11.1 Å². The summed E-state index contributed by atoms with van der Waals surface area (Å²) in [5.74, 6) is 1.16. The molecule has 0 aliphatic heterocycles.